The topological polar surface area (TPSA) is 12.9 Å². The summed E-state index contributed by atoms with van der Waals surface area (Å²) in [6, 6.07) is 3.84. The first-order valence-electron chi connectivity index (χ1n) is 5.29. The lowest BCUT2D eigenvalue weighted by molar-refractivity contribution is 0.213. The SMILES string of the molecule is Cc1cc(C(C)(C)C)nc(C(C)(C)F)c1. The molecular formula is C13H20FN. The van der Waals surface area contributed by atoms with Crippen molar-refractivity contribution in [2.75, 3.05) is 0 Å². The third-order valence-electron chi connectivity index (χ3n) is 2.35. The Hall–Kier alpha value is -0.920. The molecule has 0 saturated carbocycles. The van der Waals surface area contributed by atoms with Crippen molar-refractivity contribution in [1.29, 1.82) is 0 Å². The third kappa shape index (κ3) is 3.01. The summed E-state index contributed by atoms with van der Waals surface area (Å²) in [5.41, 5.74) is 1.13. The minimum Gasteiger partial charge on any atom is -0.254 e. The predicted octanol–water partition coefficient (Wildman–Crippen LogP) is 3.89. The molecule has 0 bridgehead atoms. The third-order valence-corrected chi connectivity index (χ3v) is 2.35. The van der Waals surface area contributed by atoms with E-state index in [1.54, 1.807) is 13.8 Å². The van der Waals surface area contributed by atoms with Crippen LogP contribution in [0.1, 0.15) is 51.6 Å². The highest BCUT2D eigenvalue weighted by Gasteiger charge is 2.24. The fourth-order valence-corrected chi connectivity index (χ4v) is 1.36. The smallest absolute Gasteiger partial charge is 0.147 e. The molecule has 0 amide bonds. The van der Waals surface area contributed by atoms with Crippen molar-refractivity contribution < 1.29 is 4.39 Å². The van der Waals surface area contributed by atoms with E-state index in [1.807, 2.05) is 19.1 Å². The van der Waals surface area contributed by atoms with E-state index >= 15 is 0 Å². The maximum Gasteiger partial charge on any atom is 0.147 e. The lowest BCUT2D eigenvalue weighted by atomic mass is 9.90. The van der Waals surface area contributed by atoms with Gasteiger partial charge in [0.05, 0.1) is 5.69 Å². The number of alkyl halides is 1. The Morgan fingerprint density at radius 1 is 1.00 bits per heavy atom. The van der Waals surface area contributed by atoms with Gasteiger partial charge in [0, 0.05) is 11.1 Å². The van der Waals surface area contributed by atoms with Crippen LogP contribution in [0.2, 0.25) is 0 Å². The number of pyridine rings is 1. The van der Waals surface area contributed by atoms with Crippen molar-refractivity contribution in [2.24, 2.45) is 0 Å². The van der Waals surface area contributed by atoms with Gasteiger partial charge in [-0.2, -0.15) is 0 Å². The van der Waals surface area contributed by atoms with Crippen LogP contribution in [0, 0.1) is 6.92 Å². The summed E-state index contributed by atoms with van der Waals surface area (Å²) in [5, 5.41) is 0. The second-order valence-corrected chi connectivity index (χ2v) is 5.64. The Kier molecular flexibility index (Phi) is 2.90. The Bertz CT molecular complexity index is 324. The zero-order valence-corrected chi connectivity index (χ0v) is 10.5. The normalized spacial score (nSPS) is 13.0. The molecule has 1 heterocycles. The van der Waals surface area contributed by atoms with Crippen molar-refractivity contribution in [3.05, 3.63) is 29.1 Å². The molecule has 0 unspecified atom stereocenters. The highest BCUT2D eigenvalue weighted by atomic mass is 19.1. The van der Waals surface area contributed by atoms with Crippen LogP contribution in [0.3, 0.4) is 0 Å². The molecule has 15 heavy (non-hydrogen) atoms. The molecule has 0 aliphatic carbocycles. The molecule has 0 saturated heterocycles. The summed E-state index contributed by atoms with van der Waals surface area (Å²) >= 11 is 0. The molecule has 1 aromatic heterocycles. The van der Waals surface area contributed by atoms with Crippen LogP contribution >= 0.6 is 0 Å². The Balaban J connectivity index is 3.30. The van der Waals surface area contributed by atoms with Crippen molar-refractivity contribution in [1.82, 2.24) is 4.98 Å². The van der Waals surface area contributed by atoms with Gasteiger partial charge in [-0.05, 0) is 38.5 Å². The van der Waals surface area contributed by atoms with E-state index in [1.165, 1.54) is 0 Å². The highest BCUT2D eigenvalue weighted by Crippen LogP contribution is 2.27. The van der Waals surface area contributed by atoms with E-state index in [-0.39, 0.29) is 5.41 Å². The molecule has 0 aliphatic rings. The molecule has 0 spiro atoms. The summed E-state index contributed by atoms with van der Waals surface area (Å²) in [6.07, 6.45) is 0. The van der Waals surface area contributed by atoms with Gasteiger partial charge in [-0.3, -0.25) is 4.98 Å². The van der Waals surface area contributed by atoms with Crippen LogP contribution in [0.25, 0.3) is 0 Å². The second kappa shape index (κ2) is 3.58. The maximum atomic E-state index is 13.8. The van der Waals surface area contributed by atoms with Gasteiger partial charge in [-0.15, -0.1) is 0 Å². The molecule has 0 atom stereocenters. The number of nitrogens with zero attached hydrogens (tertiary/aromatic N) is 1. The Morgan fingerprint density at radius 2 is 1.47 bits per heavy atom. The van der Waals surface area contributed by atoms with Gasteiger partial charge >= 0.3 is 0 Å². The molecule has 1 rings (SSSR count). The summed E-state index contributed by atoms with van der Waals surface area (Å²) in [4.78, 5) is 4.40. The van der Waals surface area contributed by atoms with E-state index in [0.29, 0.717) is 5.69 Å². The molecule has 0 radical (unpaired) electrons. The number of halogens is 1. The molecule has 0 aromatic carbocycles. The van der Waals surface area contributed by atoms with Gasteiger partial charge in [0.1, 0.15) is 5.67 Å². The van der Waals surface area contributed by atoms with Gasteiger partial charge in [-0.1, -0.05) is 20.8 Å². The lowest BCUT2D eigenvalue weighted by Gasteiger charge is -2.22. The van der Waals surface area contributed by atoms with E-state index in [0.717, 1.165) is 11.3 Å². The van der Waals surface area contributed by atoms with Gasteiger partial charge < -0.3 is 0 Å². The summed E-state index contributed by atoms with van der Waals surface area (Å²) in [7, 11) is 0. The van der Waals surface area contributed by atoms with Crippen molar-refractivity contribution in [3.8, 4) is 0 Å². The van der Waals surface area contributed by atoms with Crippen molar-refractivity contribution in [2.45, 2.75) is 52.6 Å². The minimum atomic E-state index is -1.37. The van der Waals surface area contributed by atoms with Gasteiger partial charge in [-0.25, -0.2) is 4.39 Å². The molecule has 2 heteroatoms. The van der Waals surface area contributed by atoms with E-state index < -0.39 is 5.67 Å². The zero-order chi connectivity index (χ0) is 11.9. The van der Waals surface area contributed by atoms with Crippen LogP contribution in [0.4, 0.5) is 4.39 Å². The molecule has 0 fully saturated rings. The number of rotatable bonds is 1. The monoisotopic (exact) mass is 209 g/mol. The van der Waals surface area contributed by atoms with Gasteiger partial charge in [0.15, 0.2) is 0 Å². The number of aryl methyl sites for hydroxylation is 1. The standard InChI is InChI=1S/C13H20FN/c1-9-7-10(12(2,3)4)15-11(8-9)13(5,6)14/h7-8H,1-6H3. The average Bonchev–Trinajstić information content (AvgIpc) is 1.99. The van der Waals surface area contributed by atoms with Crippen LogP contribution in [0.15, 0.2) is 12.1 Å². The first kappa shape index (κ1) is 12.2. The maximum absolute atomic E-state index is 13.8. The van der Waals surface area contributed by atoms with Crippen LogP contribution in [0.5, 0.6) is 0 Å². The van der Waals surface area contributed by atoms with Crippen molar-refractivity contribution in [3.63, 3.8) is 0 Å². The fourth-order valence-electron chi connectivity index (χ4n) is 1.36. The quantitative estimate of drug-likeness (QED) is 0.683. The lowest BCUT2D eigenvalue weighted by Crippen LogP contribution is -2.19. The largest absolute Gasteiger partial charge is 0.254 e. The highest BCUT2D eigenvalue weighted by molar-refractivity contribution is 5.26. The predicted molar refractivity (Wildman–Crippen MR) is 61.8 cm³/mol. The number of hydrogen-bond donors (Lipinski definition) is 0. The second-order valence-electron chi connectivity index (χ2n) is 5.64. The van der Waals surface area contributed by atoms with E-state index in [4.69, 9.17) is 0 Å². The van der Waals surface area contributed by atoms with Crippen LogP contribution in [-0.4, -0.2) is 4.98 Å². The van der Waals surface area contributed by atoms with Crippen molar-refractivity contribution >= 4 is 0 Å². The molecular weight excluding hydrogens is 189 g/mol. The molecule has 84 valence electrons. The van der Waals surface area contributed by atoms with E-state index in [2.05, 4.69) is 25.8 Å². The van der Waals surface area contributed by atoms with Crippen LogP contribution < -0.4 is 0 Å². The summed E-state index contributed by atoms with van der Waals surface area (Å²) < 4.78 is 13.8. The molecule has 1 nitrogen and oxygen atoms in total. The number of hydrogen-bond acceptors (Lipinski definition) is 1. The minimum absolute atomic E-state index is 0.0357. The molecule has 0 aliphatic heterocycles. The Labute approximate surface area is 91.7 Å². The average molecular weight is 209 g/mol. The van der Waals surface area contributed by atoms with Crippen LogP contribution in [-0.2, 0) is 11.1 Å². The fraction of sp³-hybridized carbons (Fsp3) is 0.615. The molecule has 1 aromatic rings. The van der Waals surface area contributed by atoms with E-state index in [9.17, 15) is 4.39 Å². The zero-order valence-electron chi connectivity index (χ0n) is 10.5. The summed E-state index contributed by atoms with van der Waals surface area (Å²) in [6.45, 7) is 11.3. The Morgan fingerprint density at radius 3 is 1.87 bits per heavy atom. The van der Waals surface area contributed by atoms with Gasteiger partial charge in [0.2, 0.25) is 0 Å². The molecule has 0 N–H and O–H groups in total. The summed E-state index contributed by atoms with van der Waals surface area (Å²) in [5.74, 6) is 0. The first-order chi connectivity index (χ1) is 6.60. The van der Waals surface area contributed by atoms with Gasteiger partial charge in [0.25, 0.3) is 0 Å². The number of aromatic nitrogens is 1. The first-order valence-corrected chi connectivity index (χ1v) is 5.29.